The Kier molecular flexibility index (Phi) is 3.94. The number of amides is 1. The van der Waals surface area contributed by atoms with E-state index < -0.39 is 0 Å². The van der Waals surface area contributed by atoms with Crippen molar-refractivity contribution < 1.29 is 14.3 Å². The van der Waals surface area contributed by atoms with Gasteiger partial charge in [-0.3, -0.25) is 4.79 Å². The van der Waals surface area contributed by atoms with E-state index in [1.807, 2.05) is 19.1 Å². The number of ether oxygens (including phenoxy) is 2. The molecule has 0 N–H and O–H groups in total. The highest BCUT2D eigenvalue weighted by molar-refractivity contribution is 6.14. The van der Waals surface area contributed by atoms with Crippen LogP contribution in [0.5, 0.6) is 11.5 Å². The maximum absolute atomic E-state index is 12.2. The van der Waals surface area contributed by atoms with Crippen LogP contribution >= 0.6 is 0 Å². The fourth-order valence-corrected chi connectivity index (χ4v) is 3.52. The lowest BCUT2D eigenvalue weighted by atomic mass is 9.93. The molecular formula is C21H22N2O3. The second-order valence-corrected chi connectivity index (χ2v) is 7.03. The van der Waals surface area contributed by atoms with E-state index >= 15 is 0 Å². The summed E-state index contributed by atoms with van der Waals surface area (Å²) in [5.41, 5.74) is 6.31. The van der Waals surface area contributed by atoms with Gasteiger partial charge in [-0.15, -0.1) is 0 Å². The summed E-state index contributed by atoms with van der Waals surface area (Å²) < 4.78 is 11.1. The summed E-state index contributed by atoms with van der Waals surface area (Å²) in [5.74, 6) is 1.42. The van der Waals surface area contributed by atoms with Gasteiger partial charge >= 0.3 is 0 Å². The van der Waals surface area contributed by atoms with Gasteiger partial charge in [0.05, 0.1) is 11.8 Å². The molecule has 2 aromatic rings. The van der Waals surface area contributed by atoms with Gasteiger partial charge in [0.1, 0.15) is 0 Å². The molecule has 1 atom stereocenters. The molecule has 0 aromatic heterocycles. The van der Waals surface area contributed by atoms with Crippen molar-refractivity contribution in [1.82, 2.24) is 5.01 Å². The Labute approximate surface area is 153 Å². The number of benzene rings is 2. The minimum atomic E-state index is -0.0633. The first-order valence-corrected chi connectivity index (χ1v) is 8.83. The Morgan fingerprint density at radius 2 is 1.85 bits per heavy atom. The van der Waals surface area contributed by atoms with E-state index in [1.54, 1.807) is 11.9 Å². The van der Waals surface area contributed by atoms with Crippen molar-refractivity contribution in [1.29, 1.82) is 0 Å². The molecule has 0 radical (unpaired) electrons. The van der Waals surface area contributed by atoms with Crippen LogP contribution in [0.4, 0.5) is 0 Å². The third kappa shape index (κ3) is 2.73. The summed E-state index contributed by atoms with van der Waals surface area (Å²) in [6, 6.07) is 10.2. The van der Waals surface area contributed by atoms with E-state index in [1.165, 1.54) is 11.1 Å². The van der Waals surface area contributed by atoms with E-state index in [-0.39, 0.29) is 18.7 Å². The molecule has 0 spiro atoms. The summed E-state index contributed by atoms with van der Waals surface area (Å²) in [6.07, 6.45) is 0.712. The standard InChI is InChI=1S/C21H22N2O3/c1-12-5-6-16(7-13(12)2)21-18-10-20-19(25-11-26-20)9-17(18)8-14(3)23(22-21)15(4)24/h5-7,9-10,14H,8,11H2,1-4H3/t14-/m1/s1. The van der Waals surface area contributed by atoms with Crippen molar-refractivity contribution in [3.05, 3.63) is 58.1 Å². The van der Waals surface area contributed by atoms with Crippen LogP contribution in [0.2, 0.25) is 0 Å². The van der Waals surface area contributed by atoms with Gasteiger partial charge in [0.15, 0.2) is 11.5 Å². The number of rotatable bonds is 1. The van der Waals surface area contributed by atoms with Crippen LogP contribution < -0.4 is 9.47 Å². The number of fused-ring (bicyclic) bond motifs is 2. The summed E-state index contributed by atoms with van der Waals surface area (Å²) in [4.78, 5) is 12.2. The number of carbonyl (C=O) groups excluding carboxylic acids is 1. The average molecular weight is 350 g/mol. The summed E-state index contributed by atoms with van der Waals surface area (Å²) >= 11 is 0. The molecule has 0 saturated heterocycles. The van der Waals surface area contributed by atoms with Crippen molar-refractivity contribution in [3.63, 3.8) is 0 Å². The van der Waals surface area contributed by atoms with Gasteiger partial charge < -0.3 is 9.47 Å². The first-order valence-electron chi connectivity index (χ1n) is 8.83. The van der Waals surface area contributed by atoms with Crippen molar-refractivity contribution in [2.45, 2.75) is 40.2 Å². The fourth-order valence-electron chi connectivity index (χ4n) is 3.52. The van der Waals surface area contributed by atoms with E-state index in [4.69, 9.17) is 14.6 Å². The van der Waals surface area contributed by atoms with Gasteiger partial charge in [0.2, 0.25) is 12.7 Å². The first kappa shape index (κ1) is 16.6. The highest BCUT2D eigenvalue weighted by Gasteiger charge is 2.28. The topological polar surface area (TPSA) is 51.1 Å². The van der Waals surface area contributed by atoms with E-state index in [2.05, 4.69) is 32.0 Å². The third-order valence-electron chi connectivity index (χ3n) is 5.10. The fraction of sp³-hybridized carbons (Fsp3) is 0.333. The van der Waals surface area contributed by atoms with E-state index in [0.717, 1.165) is 33.9 Å². The Morgan fingerprint density at radius 1 is 1.12 bits per heavy atom. The predicted octanol–water partition coefficient (Wildman–Crippen LogP) is 3.58. The number of hydrogen-bond acceptors (Lipinski definition) is 4. The summed E-state index contributed by atoms with van der Waals surface area (Å²) in [6.45, 7) is 7.98. The Hall–Kier alpha value is -2.82. The van der Waals surface area contributed by atoms with Crippen LogP contribution in [0.1, 0.15) is 41.7 Å². The number of hydrazone groups is 1. The van der Waals surface area contributed by atoms with Crippen LogP contribution in [0.25, 0.3) is 0 Å². The largest absolute Gasteiger partial charge is 0.454 e. The lowest BCUT2D eigenvalue weighted by Crippen LogP contribution is -2.33. The average Bonchev–Trinajstić information content (AvgIpc) is 2.99. The molecule has 5 heteroatoms. The zero-order valence-corrected chi connectivity index (χ0v) is 15.5. The Morgan fingerprint density at radius 3 is 2.54 bits per heavy atom. The predicted molar refractivity (Wildman–Crippen MR) is 99.8 cm³/mol. The number of carbonyl (C=O) groups is 1. The van der Waals surface area contributed by atoms with Crippen molar-refractivity contribution in [2.24, 2.45) is 5.10 Å². The second kappa shape index (κ2) is 6.16. The number of nitrogens with zero attached hydrogens (tertiary/aromatic N) is 2. The van der Waals surface area contributed by atoms with Crippen molar-refractivity contribution in [3.8, 4) is 11.5 Å². The summed E-state index contributed by atoms with van der Waals surface area (Å²) in [5, 5.41) is 6.35. The molecule has 4 rings (SSSR count). The van der Waals surface area contributed by atoms with Gasteiger partial charge in [0.25, 0.3) is 0 Å². The maximum Gasteiger partial charge on any atom is 0.239 e. The SMILES string of the molecule is CC(=O)N1N=C(c2ccc(C)c(C)c2)c2cc3c(cc2C[C@H]1C)OCO3. The van der Waals surface area contributed by atoms with Crippen molar-refractivity contribution in [2.75, 3.05) is 6.79 Å². The minimum Gasteiger partial charge on any atom is -0.454 e. The molecule has 2 aromatic carbocycles. The molecule has 26 heavy (non-hydrogen) atoms. The maximum atomic E-state index is 12.2. The smallest absolute Gasteiger partial charge is 0.239 e. The quantitative estimate of drug-likeness (QED) is 0.790. The van der Waals surface area contributed by atoms with Crippen LogP contribution in [0, 0.1) is 13.8 Å². The highest BCUT2D eigenvalue weighted by Crippen LogP contribution is 2.37. The molecule has 2 aliphatic heterocycles. The molecule has 1 amide bonds. The molecule has 134 valence electrons. The molecule has 0 fully saturated rings. The van der Waals surface area contributed by atoms with Crippen molar-refractivity contribution >= 4 is 11.6 Å². The van der Waals surface area contributed by atoms with Crippen LogP contribution in [-0.4, -0.2) is 29.5 Å². The van der Waals surface area contributed by atoms with Gasteiger partial charge in [-0.25, -0.2) is 5.01 Å². The Balaban J connectivity index is 1.94. The molecule has 2 heterocycles. The second-order valence-electron chi connectivity index (χ2n) is 7.03. The molecule has 0 unspecified atom stereocenters. The van der Waals surface area contributed by atoms with Crippen LogP contribution in [-0.2, 0) is 11.2 Å². The zero-order chi connectivity index (χ0) is 18.4. The van der Waals surface area contributed by atoms with Crippen LogP contribution in [0.15, 0.2) is 35.4 Å². The molecule has 5 nitrogen and oxygen atoms in total. The molecule has 0 bridgehead atoms. The van der Waals surface area contributed by atoms with E-state index in [0.29, 0.717) is 6.42 Å². The summed E-state index contributed by atoms with van der Waals surface area (Å²) in [7, 11) is 0. The number of hydrogen-bond donors (Lipinski definition) is 0. The molecule has 2 aliphatic rings. The minimum absolute atomic E-state index is 0.0318. The first-order chi connectivity index (χ1) is 12.4. The van der Waals surface area contributed by atoms with E-state index in [9.17, 15) is 4.79 Å². The molecular weight excluding hydrogens is 328 g/mol. The van der Waals surface area contributed by atoms with Gasteiger partial charge in [0, 0.05) is 18.1 Å². The zero-order valence-electron chi connectivity index (χ0n) is 15.5. The van der Waals surface area contributed by atoms with Gasteiger partial charge in [-0.05, 0) is 62.1 Å². The lowest BCUT2D eigenvalue weighted by Gasteiger charge is -2.21. The van der Waals surface area contributed by atoms with Crippen LogP contribution in [0.3, 0.4) is 0 Å². The van der Waals surface area contributed by atoms with Gasteiger partial charge in [-0.1, -0.05) is 12.1 Å². The Bertz CT molecular complexity index is 933. The monoisotopic (exact) mass is 350 g/mol. The highest BCUT2D eigenvalue weighted by atomic mass is 16.7. The molecule has 0 aliphatic carbocycles. The number of aryl methyl sites for hydroxylation is 2. The molecule has 0 saturated carbocycles. The normalized spacial score (nSPS) is 18.2. The lowest BCUT2D eigenvalue weighted by molar-refractivity contribution is -0.130. The van der Waals surface area contributed by atoms with Gasteiger partial charge in [-0.2, -0.15) is 5.10 Å². The third-order valence-corrected chi connectivity index (χ3v) is 5.10.